The van der Waals surface area contributed by atoms with Gasteiger partial charge in [0.25, 0.3) is 10.0 Å². The van der Waals surface area contributed by atoms with Gasteiger partial charge in [-0.05, 0) is 42.5 Å². The first-order valence-electron chi connectivity index (χ1n) is 8.68. The maximum Gasteiger partial charge on any atom is 0.264 e. The summed E-state index contributed by atoms with van der Waals surface area (Å²) in [6.07, 6.45) is 0. The molecule has 0 bridgehead atoms. The molecule has 0 unspecified atom stereocenters. The minimum absolute atomic E-state index is 0.0505. The van der Waals surface area contributed by atoms with Crippen molar-refractivity contribution in [1.29, 1.82) is 0 Å². The maximum absolute atomic E-state index is 13.3. The van der Waals surface area contributed by atoms with Crippen molar-refractivity contribution in [2.45, 2.75) is 4.90 Å². The van der Waals surface area contributed by atoms with Gasteiger partial charge in [-0.3, -0.25) is 9.10 Å². The lowest BCUT2D eigenvalue weighted by Crippen LogP contribution is -2.38. The SMILES string of the molecule is COc1ccc(Cl)cc1N(CC(=O)Nc1ccccc1)S(=O)(=O)c1ccccc1. The van der Waals surface area contributed by atoms with Gasteiger partial charge in [-0.2, -0.15) is 0 Å². The van der Waals surface area contributed by atoms with E-state index in [1.165, 1.54) is 25.3 Å². The summed E-state index contributed by atoms with van der Waals surface area (Å²) in [5.74, 6) is -0.223. The van der Waals surface area contributed by atoms with Crippen LogP contribution in [0.1, 0.15) is 0 Å². The largest absolute Gasteiger partial charge is 0.495 e. The van der Waals surface area contributed by atoms with Crippen LogP contribution in [0.3, 0.4) is 0 Å². The molecule has 0 aromatic heterocycles. The lowest BCUT2D eigenvalue weighted by Gasteiger charge is -2.25. The predicted molar refractivity (Wildman–Crippen MR) is 114 cm³/mol. The number of amides is 1. The average molecular weight is 431 g/mol. The molecule has 0 fully saturated rings. The minimum Gasteiger partial charge on any atom is -0.495 e. The summed E-state index contributed by atoms with van der Waals surface area (Å²) in [6, 6.07) is 21.3. The third-order valence-electron chi connectivity index (χ3n) is 4.09. The second-order valence-electron chi connectivity index (χ2n) is 6.06. The third-order valence-corrected chi connectivity index (χ3v) is 6.09. The Bertz CT molecular complexity index is 1090. The fourth-order valence-corrected chi connectivity index (χ4v) is 4.34. The molecule has 8 heteroatoms. The van der Waals surface area contributed by atoms with E-state index in [0.717, 1.165) is 4.31 Å². The third kappa shape index (κ3) is 4.88. The molecule has 0 aliphatic carbocycles. The van der Waals surface area contributed by atoms with Crippen LogP contribution in [0.2, 0.25) is 5.02 Å². The Hall–Kier alpha value is -3.03. The van der Waals surface area contributed by atoms with Gasteiger partial charge < -0.3 is 10.1 Å². The molecule has 1 amide bonds. The topological polar surface area (TPSA) is 75.7 Å². The van der Waals surface area contributed by atoms with E-state index in [2.05, 4.69) is 5.32 Å². The van der Waals surface area contributed by atoms with Gasteiger partial charge in [-0.1, -0.05) is 48.0 Å². The summed E-state index contributed by atoms with van der Waals surface area (Å²) in [7, 11) is -2.64. The number of anilines is 2. The van der Waals surface area contributed by atoms with Crippen LogP contribution in [0, 0.1) is 0 Å². The first-order chi connectivity index (χ1) is 13.9. The quantitative estimate of drug-likeness (QED) is 0.610. The van der Waals surface area contributed by atoms with Crippen LogP contribution >= 0.6 is 11.6 Å². The molecular weight excluding hydrogens is 412 g/mol. The van der Waals surface area contributed by atoms with Gasteiger partial charge in [0.2, 0.25) is 5.91 Å². The fraction of sp³-hybridized carbons (Fsp3) is 0.0952. The van der Waals surface area contributed by atoms with E-state index in [4.69, 9.17) is 16.3 Å². The smallest absolute Gasteiger partial charge is 0.264 e. The van der Waals surface area contributed by atoms with E-state index in [-0.39, 0.29) is 16.3 Å². The Morgan fingerprint density at radius 3 is 2.24 bits per heavy atom. The van der Waals surface area contributed by atoms with Gasteiger partial charge >= 0.3 is 0 Å². The number of para-hydroxylation sites is 1. The Morgan fingerprint density at radius 1 is 1.00 bits per heavy atom. The summed E-state index contributed by atoms with van der Waals surface area (Å²) >= 11 is 6.10. The van der Waals surface area contributed by atoms with Crippen molar-refractivity contribution in [3.05, 3.63) is 83.9 Å². The van der Waals surface area contributed by atoms with Crippen LogP contribution in [0.25, 0.3) is 0 Å². The van der Waals surface area contributed by atoms with E-state index in [0.29, 0.717) is 10.7 Å². The second kappa shape index (κ2) is 8.98. The lowest BCUT2D eigenvalue weighted by atomic mass is 10.3. The number of carbonyl (C=O) groups is 1. The van der Waals surface area contributed by atoms with Crippen molar-refractivity contribution < 1.29 is 17.9 Å². The van der Waals surface area contributed by atoms with Crippen molar-refractivity contribution in [1.82, 2.24) is 0 Å². The van der Waals surface area contributed by atoms with Crippen molar-refractivity contribution >= 4 is 38.9 Å². The minimum atomic E-state index is -4.06. The first-order valence-corrected chi connectivity index (χ1v) is 10.5. The zero-order chi connectivity index (χ0) is 20.9. The number of ether oxygens (including phenoxy) is 1. The molecule has 0 atom stereocenters. The van der Waals surface area contributed by atoms with Gasteiger partial charge in [0.1, 0.15) is 12.3 Å². The number of hydrogen-bond donors (Lipinski definition) is 1. The maximum atomic E-state index is 13.3. The van der Waals surface area contributed by atoms with Gasteiger partial charge in [-0.15, -0.1) is 0 Å². The monoisotopic (exact) mass is 430 g/mol. The molecule has 29 heavy (non-hydrogen) atoms. The number of sulfonamides is 1. The van der Waals surface area contributed by atoms with E-state index in [9.17, 15) is 13.2 Å². The normalized spacial score (nSPS) is 11.0. The lowest BCUT2D eigenvalue weighted by molar-refractivity contribution is -0.114. The van der Waals surface area contributed by atoms with Crippen molar-refractivity contribution in [2.75, 3.05) is 23.3 Å². The molecule has 0 saturated carbocycles. The molecule has 1 N–H and O–H groups in total. The molecule has 0 saturated heterocycles. The van der Waals surface area contributed by atoms with Crippen LogP contribution in [0.4, 0.5) is 11.4 Å². The summed E-state index contributed by atoms with van der Waals surface area (Å²) in [5.41, 5.74) is 0.736. The molecule has 150 valence electrons. The number of hydrogen-bond acceptors (Lipinski definition) is 4. The van der Waals surface area contributed by atoms with Gasteiger partial charge in [-0.25, -0.2) is 8.42 Å². The molecule has 0 radical (unpaired) electrons. The molecular formula is C21H19ClN2O4S. The molecule has 3 aromatic carbocycles. The Labute approximate surface area is 174 Å². The van der Waals surface area contributed by atoms with Gasteiger partial charge in [0, 0.05) is 10.7 Å². The Balaban J connectivity index is 2.03. The highest BCUT2D eigenvalue weighted by atomic mass is 35.5. The van der Waals surface area contributed by atoms with Gasteiger partial charge in [0.15, 0.2) is 0 Å². The second-order valence-corrected chi connectivity index (χ2v) is 8.35. The van der Waals surface area contributed by atoms with Crippen molar-refractivity contribution in [2.24, 2.45) is 0 Å². The number of rotatable bonds is 7. The molecule has 0 aliphatic rings. The highest BCUT2D eigenvalue weighted by Crippen LogP contribution is 2.34. The molecule has 0 heterocycles. The van der Waals surface area contributed by atoms with Crippen LogP contribution in [-0.2, 0) is 14.8 Å². The summed E-state index contributed by atoms with van der Waals surface area (Å²) in [4.78, 5) is 12.7. The van der Waals surface area contributed by atoms with E-state index in [1.807, 2.05) is 6.07 Å². The molecule has 0 aliphatic heterocycles. The standard InChI is InChI=1S/C21H19ClN2O4S/c1-28-20-13-12-16(22)14-19(20)24(29(26,27)18-10-6-3-7-11-18)15-21(25)23-17-8-4-2-5-9-17/h2-14H,15H2,1H3,(H,23,25). The zero-order valence-electron chi connectivity index (χ0n) is 15.6. The molecule has 0 spiro atoms. The zero-order valence-corrected chi connectivity index (χ0v) is 17.2. The molecule has 3 aromatic rings. The predicted octanol–water partition coefficient (Wildman–Crippen LogP) is 4.18. The first kappa shape index (κ1) is 20.7. The number of carbonyl (C=O) groups excluding carboxylic acids is 1. The van der Waals surface area contributed by atoms with Crippen LogP contribution < -0.4 is 14.4 Å². The number of nitrogens with one attached hydrogen (secondary N) is 1. The van der Waals surface area contributed by atoms with Crippen molar-refractivity contribution in [3.8, 4) is 5.75 Å². The number of nitrogens with zero attached hydrogens (tertiary/aromatic N) is 1. The number of benzene rings is 3. The Kier molecular flexibility index (Phi) is 6.41. The molecule has 3 rings (SSSR count). The molecule has 6 nitrogen and oxygen atoms in total. The highest BCUT2D eigenvalue weighted by Gasteiger charge is 2.29. The summed E-state index contributed by atoms with van der Waals surface area (Å²) in [5, 5.41) is 3.02. The Morgan fingerprint density at radius 2 is 1.62 bits per heavy atom. The van der Waals surface area contributed by atoms with Crippen LogP contribution in [-0.4, -0.2) is 28.0 Å². The van der Waals surface area contributed by atoms with E-state index >= 15 is 0 Å². The number of methoxy groups -OCH3 is 1. The average Bonchev–Trinajstić information content (AvgIpc) is 2.73. The number of halogens is 1. The van der Waals surface area contributed by atoms with Crippen molar-refractivity contribution in [3.63, 3.8) is 0 Å². The van der Waals surface area contributed by atoms with Gasteiger partial charge in [0.05, 0.1) is 17.7 Å². The van der Waals surface area contributed by atoms with E-state index in [1.54, 1.807) is 54.6 Å². The van der Waals surface area contributed by atoms with E-state index < -0.39 is 22.5 Å². The fourth-order valence-electron chi connectivity index (χ4n) is 2.73. The van der Waals surface area contributed by atoms with Crippen LogP contribution in [0.15, 0.2) is 83.8 Å². The summed E-state index contributed by atoms with van der Waals surface area (Å²) < 4.78 is 33.0. The summed E-state index contributed by atoms with van der Waals surface area (Å²) in [6.45, 7) is -0.456. The highest BCUT2D eigenvalue weighted by molar-refractivity contribution is 7.92. The van der Waals surface area contributed by atoms with Crippen LogP contribution in [0.5, 0.6) is 5.75 Å².